The molecule has 2 aromatic heterocycles. The molecule has 7 aromatic carbocycles. The molecule has 9 rings (SSSR count). The van der Waals surface area contributed by atoms with E-state index >= 15 is 0 Å². The molecule has 0 radical (unpaired) electrons. The van der Waals surface area contributed by atoms with Crippen molar-refractivity contribution in [3.8, 4) is 50.7 Å². The molecule has 220 valence electrons. The van der Waals surface area contributed by atoms with E-state index < -0.39 is 0 Å². The zero-order valence-corrected chi connectivity index (χ0v) is 25.5. The fourth-order valence-corrected chi connectivity index (χ4v) is 6.51. The summed E-state index contributed by atoms with van der Waals surface area (Å²) in [5.41, 5.74) is 12.1. The number of fused-ring (bicyclic) bond motifs is 3. The number of benzene rings is 7. The van der Waals surface area contributed by atoms with Crippen LogP contribution in [0.3, 0.4) is 0 Å². The lowest BCUT2D eigenvalue weighted by Gasteiger charge is -2.13. The molecule has 0 N–H and O–H groups in total. The SMILES string of the molecule is c1ccc(-n2c(-c3ccc(-c4ccc(-c5nc6ccccc6nc5-c5cccc6ccccc56)cc4)cc3)nc3ccccc32)cc1. The van der Waals surface area contributed by atoms with Crippen molar-refractivity contribution in [3.63, 3.8) is 0 Å². The summed E-state index contributed by atoms with van der Waals surface area (Å²) in [4.78, 5) is 15.4. The maximum atomic E-state index is 5.17. The number of para-hydroxylation sites is 5. The highest BCUT2D eigenvalue weighted by Crippen LogP contribution is 2.36. The predicted molar refractivity (Wildman–Crippen MR) is 193 cm³/mol. The summed E-state index contributed by atoms with van der Waals surface area (Å²) in [6.45, 7) is 0. The molecule has 0 aliphatic heterocycles. The zero-order valence-electron chi connectivity index (χ0n) is 25.5. The van der Waals surface area contributed by atoms with Gasteiger partial charge in [0.05, 0.1) is 33.5 Å². The highest BCUT2D eigenvalue weighted by molar-refractivity contribution is 6.00. The van der Waals surface area contributed by atoms with Gasteiger partial charge in [0.25, 0.3) is 0 Å². The van der Waals surface area contributed by atoms with Crippen molar-refractivity contribution in [2.45, 2.75) is 0 Å². The fourth-order valence-electron chi connectivity index (χ4n) is 6.51. The van der Waals surface area contributed by atoms with Gasteiger partial charge in [0.1, 0.15) is 5.82 Å². The van der Waals surface area contributed by atoms with Crippen LogP contribution >= 0.6 is 0 Å². The van der Waals surface area contributed by atoms with Gasteiger partial charge in [-0.05, 0) is 58.3 Å². The molecule has 0 unspecified atom stereocenters. The zero-order chi connectivity index (χ0) is 31.2. The Hall–Kier alpha value is -6.39. The first-order chi connectivity index (χ1) is 23.3. The number of rotatable bonds is 5. The average Bonchev–Trinajstić information content (AvgIpc) is 3.54. The molecule has 2 heterocycles. The van der Waals surface area contributed by atoms with Gasteiger partial charge in [-0.3, -0.25) is 4.57 Å². The Kier molecular flexibility index (Phi) is 6.43. The molecule has 4 nitrogen and oxygen atoms in total. The third-order valence-corrected chi connectivity index (χ3v) is 8.83. The van der Waals surface area contributed by atoms with E-state index in [2.05, 4.69) is 138 Å². The van der Waals surface area contributed by atoms with Crippen molar-refractivity contribution in [1.29, 1.82) is 0 Å². The van der Waals surface area contributed by atoms with Crippen molar-refractivity contribution >= 4 is 32.8 Å². The topological polar surface area (TPSA) is 43.6 Å². The van der Waals surface area contributed by atoms with Crippen LogP contribution in [0.15, 0.2) is 170 Å². The second-order valence-electron chi connectivity index (χ2n) is 11.7. The van der Waals surface area contributed by atoms with E-state index in [4.69, 9.17) is 15.0 Å². The average molecular weight is 601 g/mol. The van der Waals surface area contributed by atoms with Crippen LogP contribution in [-0.4, -0.2) is 19.5 Å². The van der Waals surface area contributed by atoms with Crippen LogP contribution in [0.1, 0.15) is 0 Å². The van der Waals surface area contributed by atoms with Gasteiger partial charge < -0.3 is 0 Å². The number of hydrogen-bond donors (Lipinski definition) is 0. The van der Waals surface area contributed by atoms with Gasteiger partial charge in [-0.25, -0.2) is 15.0 Å². The molecule has 47 heavy (non-hydrogen) atoms. The highest BCUT2D eigenvalue weighted by Gasteiger charge is 2.17. The minimum absolute atomic E-state index is 0.877. The largest absolute Gasteiger partial charge is 0.292 e. The van der Waals surface area contributed by atoms with Gasteiger partial charge in [0.2, 0.25) is 0 Å². The van der Waals surface area contributed by atoms with Crippen molar-refractivity contribution in [1.82, 2.24) is 19.5 Å². The van der Waals surface area contributed by atoms with Crippen LogP contribution < -0.4 is 0 Å². The first-order valence-electron chi connectivity index (χ1n) is 15.8. The summed E-state index contributed by atoms with van der Waals surface area (Å²) in [5, 5.41) is 2.35. The van der Waals surface area contributed by atoms with Crippen LogP contribution in [0, 0.1) is 0 Å². The monoisotopic (exact) mass is 600 g/mol. The van der Waals surface area contributed by atoms with E-state index in [-0.39, 0.29) is 0 Å². The van der Waals surface area contributed by atoms with Gasteiger partial charge in [-0.15, -0.1) is 0 Å². The third-order valence-electron chi connectivity index (χ3n) is 8.83. The maximum Gasteiger partial charge on any atom is 0.145 e. The van der Waals surface area contributed by atoms with Crippen molar-refractivity contribution in [3.05, 3.63) is 170 Å². The van der Waals surface area contributed by atoms with Crippen LogP contribution in [0.5, 0.6) is 0 Å². The number of hydrogen-bond acceptors (Lipinski definition) is 3. The van der Waals surface area contributed by atoms with E-state index in [1.165, 1.54) is 10.8 Å². The minimum atomic E-state index is 0.877. The molecule has 0 saturated carbocycles. The highest BCUT2D eigenvalue weighted by atomic mass is 15.1. The van der Waals surface area contributed by atoms with E-state index in [0.717, 1.165) is 72.8 Å². The Morgan fingerprint density at radius 1 is 0.362 bits per heavy atom. The van der Waals surface area contributed by atoms with E-state index in [1.54, 1.807) is 0 Å². The smallest absolute Gasteiger partial charge is 0.145 e. The minimum Gasteiger partial charge on any atom is -0.292 e. The molecule has 0 aliphatic carbocycles. The summed E-state index contributed by atoms with van der Waals surface area (Å²) in [7, 11) is 0. The van der Waals surface area contributed by atoms with Crippen LogP contribution in [0.4, 0.5) is 0 Å². The Morgan fingerprint density at radius 3 is 1.66 bits per heavy atom. The summed E-state index contributed by atoms with van der Waals surface area (Å²) >= 11 is 0. The summed E-state index contributed by atoms with van der Waals surface area (Å²) in [5.74, 6) is 0.926. The first kappa shape index (κ1) is 27.0. The van der Waals surface area contributed by atoms with Crippen LogP contribution in [-0.2, 0) is 0 Å². The molecule has 0 fully saturated rings. The van der Waals surface area contributed by atoms with Crippen molar-refractivity contribution < 1.29 is 0 Å². The second-order valence-corrected chi connectivity index (χ2v) is 11.7. The van der Waals surface area contributed by atoms with E-state index in [1.807, 2.05) is 36.4 Å². The fraction of sp³-hybridized carbons (Fsp3) is 0. The lowest BCUT2D eigenvalue weighted by Crippen LogP contribution is -1.97. The lowest BCUT2D eigenvalue weighted by atomic mass is 9.96. The van der Waals surface area contributed by atoms with Gasteiger partial charge in [-0.2, -0.15) is 0 Å². The Morgan fingerprint density at radius 2 is 0.915 bits per heavy atom. The van der Waals surface area contributed by atoms with Gasteiger partial charge in [0, 0.05) is 22.4 Å². The molecule has 0 saturated heterocycles. The molecule has 0 amide bonds. The molecular formula is C43H28N4. The molecule has 0 atom stereocenters. The lowest BCUT2D eigenvalue weighted by molar-refractivity contribution is 1.10. The summed E-state index contributed by atoms with van der Waals surface area (Å²) in [6, 6.07) is 59.0. The van der Waals surface area contributed by atoms with E-state index in [9.17, 15) is 0 Å². The molecule has 9 aromatic rings. The Balaban J connectivity index is 1.10. The molecule has 4 heteroatoms. The number of nitrogens with zero attached hydrogens (tertiary/aromatic N) is 4. The number of aromatic nitrogens is 4. The maximum absolute atomic E-state index is 5.17. The van der Waals surface area contributed by atoms with Gasteiger partial charge in [0.15, 0.2) is 0 Å². The Labute approximate surface area is 272 Å². The molecule has 0 spiro atoms. The third kappa shape index (κ3) is 4.75. The normalized spacial score (nSPS) is 11.4. The van der Waals surface area contributed by atoms with Gasteiger partial charge >= 0.3 is 0 Å². The molecular weight excluding hydrogens is 573 g/mol. The number of imidazole rings is 1. The quantitative estimate of drug-likeness (QED) is 0.197. The summed E-state index contributed by atoms with van der Waals surface area (Å²) < 4.78 is 2.23. The molecule has 0 bridgehead atoms. The van der Waals surface area contributed by atoms with Crippen molar-refractivity contribution in [2.24, 2.45) is 0 Å². The predicted octanol–water partition coefficient (Wildman–Crippen LogP) is 10.8. The first-order valence-corrected chi connectivity index (χ1v) is 15.8. The van der Waals surface area contributed by atoms with E-state index in [0.29, 0.717) is 0 Å². The Bertz CT molecular complexity index is 2540. The van der Waals surface area contributed by atoms with Gasteiger partial charge in [-0.1, -0.05) is 133 Å². The second kappa shape index (κ2) is 11.2. The summed E-state index contributed by atoms with van der Waals surface area (Å²) in [6.07, 6.45) is 0. The van der Waals surface area contributed by atoms with Crippen molar-refractivity contribution in [2.75, 3.05) is 0 Å². The standard InChI is InChI=1S/C43H28N4/c1-2-13-34(14-3-1)47-40-20-9-8-19-39(40)46-43(47)33-27-23-30(24-28-33)29-21-25-32(26-22-29)41-42(45-38-18-7-6-17-37(38)44-41)36-16-10-12-31-11-4-5-15-35(31)36/h1-28H. The van der Waals surface area contributed by atoms with Crippen LogP contribution in [0.25, 0.3) is 83.6 Å². The van der Waals surface area contributed by atoms with Crippen LogP contribution in [0.2, 0.25) is 0 Å². The molecule has 0 aliphatic rings.